The maximum atomic E-state index is 5.97. The van der Waals surface area contributed by atoms with E-state index in [0.29, 0.717) is 0 Å². The van der Waals surface area contributed by atoms with E-state index in [9.17, 15) is 0 Å². The van der Waals surface area contributed by atoms with Crippen molar-refractivity contribution in [1.82, 2.24) is 20.2 Å². The van der Waals surface area contributed by atoms with Crippen LogP contribution in [0.4, 0.5) is 0 Å². The summed E-state index contributed by atoms with van der Waals surface area (Å²) < 4.78 is 0. The van der Waals surface area contributed by atoms with E-state index in [2.05, 4.69) is 20.2 Å². The Kier molecular flexibility index (Phi) is 2.42. The minimum absolute atomic E-state index is 0.244. The van der Waals surface area contributed by atoms with Gasteiger partial charge in [-0.15, -0.1) is 0 Å². The highest BCUT2D eigenvalue weighted by Gasteiger charge is 2.08. The summed E-state index contributed by atoms with van der Waals surface area (Å²) in [5.41, 5.74) is 7.73. The van der Waals surface area contributed by atoms with Gasteiger partial charge in [-0.1, -0.05) is 0 Å². The fraction of sp³-hybridized carbons (Fsp3) is 0.111. The number of aromatic nitrogens is 4. The van der Waals surface area contributed by atoms with Crippen LogP contribution in [0.5, 0.6) is 0 Å². The molecule has 2 heterocycles. The standard InChI is InChI=1S/C9H9N5/c10-9(7-1-2-13-14-5-7)8-3-11-6-12-4-8/h1-6,9H,10H2. The van der Waals surface area contributed by atoms with Crippen molar-refractivity contribution in [3.05, 3.63) is 48.3 Å². The third-order valence-corrected chi connectivity index (χ3v) is 1.91. The van der Waals surface area contributed by atoms with Gasteiger partial charge in [0.05, 0.1) is 12.2 Å². The molecule has 2 aromatic rings. The first-order chi connectivity index (χ1) is 6.88. The number of rotatable bonds is 2. The average molecular weight is 187 g/mol. The molecule has 0 aliphatic heterocycles. The van der Waals surface area contributed by atoms with Crippen LogP contribution < -0.4 is 5.73 Å². The van der Waals surface area contributed by atoms with E-state index >= 15 is 0 Å². The van der Waals surface area contributed by atoms with Crippen molar-refractivity contribution in [2.24, 2.45) is 5.73 Å². The van der Waals surface area contributed by atoms with Crippen molar-refractivity contribution in [2.75, 3.05) is 0 Å². The Labute approximate surface area is 81.0 Å². The number of hydrogen-bond donors (Lipinski definition) is 1. The molecule has 0 saturated carbocycles. The van der Waals surface area contributed by atoms with E-state index in [1.165, 1.54) is 6.33 Å². The molecule has 0 bridgehead atoms. The molecule has 5 heteroatoms. The molecular formula is C9H9N5. The smallest absolute Gasteiger partial charge is 0.115 e. The van der Waals surface area contributed by atoms with Gasteiger partial charge in [-0.25, -0.2) is 9.97 Å². The van der Waals surface area contributed by atoms with Gasteiger partial charge in [0.1, 0.15) is 6.33 Å². The maximum Gasteiger partial charge on any atom is 0.115 e. The molecule has 0 aliphatic carbocycles. The van der Waals surface area contributed by atoms with E-state index in [0.717, 1.165) is 11.1 Å². The fourth-order valence-corrected chi connectivity index (χ4v) is 1.15. The molecule has 1 atom stereocenters. The Morgan fingerprint density at radius 3 is 2.43 bits per heavy atom. The largest absolute Gasteiger partial charge is 0.320 e. The molecule has 0 amide bonds. The minimum atomic E-state index is -0.244. The first-order valence-electron chi connectivity index (χ1n) is 4.15. The summed E-state index contributed by atoms with van der Waals surface area (Å²) in [6, 6.07) is 1.58. The molecule has 0 saturated heterocycles. The van der Waals surface area contributed by atoms with Crippen molar-refractivity contribution in [2.45, 2.75) is 6.04 Å². The molecule has 2 rings (SSSR count). The minimum Gasteiger partial charge on any atom is -0.320 e. The molecule has 0 aromatic carbocycles. The third kappa shape index (κ3) is 1.72. The van der Waals surface area contributed by atoms with Gasteiger partial charge in [-0.2, -0.15) is 10.2 Å². The van der Waals surface area contributed by atoms with Crippen LogP contribution in [0, 0.1) is 0 Å². The summed E-state index contributed by atoms with van der Waals surface area (Å²) in [5, 5.41) is 7.45. The van der Waals surface area contributed by atoms with Crippen molar-refractivity contribution < 1.29 is 0 Å². The molecule has 0 radical (unpaired) electrons. The lowest BCUT2D eigenvalue weighted by atomic mass is 10.1. The summed E-state index contributed by atoms with van der Waals surface area (Å²) in [6.07, 6.45) is 8.11. The predicted molar refractivity (Wildman–Crippen MR) is 50.1 cm³/mol. The van der Waals surface area contributed by atoms with Crippen molar-refractivity contribution in [1.29, 1.82) is 0 Å². The van der Waals surface area contributed by atoms with Crippen molar-refractivity contribution in [3.63, 3.8) is 0 Å². The van der Waals surface area contributed by atoms with Crippen LogP contribution in [0.2, 0.25) is 0 Å². The first-order valence-corrected chi connectivity index (χ1v) is 4.15. The Hall–Kier alpha value is -1.88. The second kappa shape index (κ2) is 3.89. The van der Waals surface area contributed by atoms with Gasteiger partial charge in [0.2, 0.25) is 0 Å². The quantitative estimate of drug-likeness (QED) is 0.732. The highest BCUT2D eigenvalue weighted by molar-refractivity contribution is 5.24. The van der Waals surface area contributed by atoms with Crippen LogP contribution in [-0.4, -0.2) is 20.2 Å². The molecule has 1 unspecified atom stereocenters. The Morgan fingerprint density at radius 2 is 1.79 bits per heavy atom. The maximum absolute atomic E-state index is 5.97. The van der Waals surface area contributed by atoms with E-state index in [1.54, 1.807) is 24.8 Å². The number of nitrogens with zero attached hydrogens (tertiary/aromatic N) is 4. The average Bonchev–Trinajstić information content (AvgIpc) is 2.30. The Balaban J connectivity index is 2.30. The summed E-state index contributed by atoms with van der Waals surface area (Å²) in [4.78, 5) is 7.81. The monoisotopic (exact) mass is 187 g/mol. The van der Waals surface area contributed by atoms with Gasteiger partial charge >= 0.3 is 0 Å². The fourth-order valence-electron chi connectivity index (χ4n) is 1.15. The third-order valence-electron chi connectivity index (χ3n) is 1.91. The molecule has 0 fully saturated rings. The van der Waals surface area contributed by atoms with Crippen LogP contribution in [0.25, 0.3) is 0 Å². The van der Waals surface area contributed by atoms with Crippen LogP contribution in [0.1, 0.15) is 17.2 Å². The molecule has 2 aromatic heterocycles. The lowest BCUT2D eigenvalue weighted by Gasteiger charge is -2.09. The van der Waals surface area contributed by atoms with Gasteiger partial charge < -0.3 is 5.73 Å². The first kappa shape index (κ1) is 8.71. The Bertz CT molecular complexity index is 349. The van der Waals surface area contributed by atoms with Crippen LogP contribution in [-0.2, 0) is 0 Å². The molecular weight excluding hydrogens is 178 g/mol. The molecule has 0 spiro atoms. The zero-order chi connectivity index (χ0) is 9.80. The van der Waals surface area contributed by atoms with Crippen molar-refractivity contribution >= 4 is 0 Å². The second-order valence-electron chi connectivity index (χ2n) is 2.83. The van der Waals surface area contributed by atoms with Gasteiger partial charge in [0, 0.05) is 24.2 Å². The van der Waals surface area contributed by atoms with Crippen LogP contribution in [0.3, 0.4) is 0 Å². The van der Waals surface area contributed by atoms with E-state index in [1.807, 2.05) is 6.07 Å². The van der Waals surface area contributed by atoms with Crippen LogP contribution in [0.15, 0.2) is 37.2 Å². The predicted octanol–water partition coefficient (Wildman–Crippen LogP) is 0.315. The van der Waals surface area contributed by atoms with Gasteiger partial charge in [-0.05, 0) is 11.6 Å². The van der Waals surface area contributed by atoms with E-state index in [4.69, 9.17) is 5.73 Å². The molecule has 70 valence electrons. The highest BCUT2D eigenvalue weighted by atomic mass is 15.1. The van der Waals surface area contributed by atoms with Crippen molar-refractivity contribution in [3.8, 4) is 0 Å². The molecule has 5 nitrogen and oxygen atoms in total. The molecule has 2 N–H and O–H groups in total. The zero-order valence-corrected chi connectivity index (χ0v) is 7.41. The molecule has 0 aliphatic rings. The molecule has 14 heavy (non-hydrogen) atoms. The van der Waals surface area contributed by atoms with Gasteiger partial charge in [-0.3, -0.25) is 0 Å². The number of hydrogen-bond acceptors (Lipinski definition) is 5. The topological polar surface area (TPSA) is 77.6 Å². The van der Waals surface area contributed by atoms with E-state index < -0.39 is 0 Å². The van der Waals surface area contributed by atoms with Gasteiger partial charge in [0.15, 0.2) is 0 Å². The summed E-state index contributed by atoms with van der Waals surface area (Å²) in [6.45, 7) is 0. The number of nitrogens with two attached hydrogens (primary N) is 1. The Morgan fingerprint density at radius 1 is 1.00 bits per heavy atom. The second-order valence-corrected chi connectivity index (χ2v) is 2.83. The van der Waals surface area contributed by atoms with E-state index in [-0.39, 0.29) is 6.04 Å². The SMILES string of the molecule is NC(c1cncnc1)c1ccnnc1. The summed E-state index contributed by atoms with van der Waals surface area (Å²) in [5.74, 6) is 0. The van der Waals surface area contributed by atoms with Crippen LogP contribution >= 0.6 is 0 Å². The summed E-state index contributed by atoms with van der Waals surface area (Å²) in [7, 11) is 0. The summed E-state index contributed by atoms with van der Waals surface area (Å²) >= 11 is 0. The highest BCUT2D eigenvalue weighted by Crippen LogP contribution is 2.15. The lowest BCUT2D eigenvalue weighted by Crippen LogP contribution is -2.12. The normalized spacial score (nSPS) is 12.4. The lowest BCUT2D eigenvalue weighted by molar-refractivity contribution is 0.830. The zero-order valence-electron chi connectivity index (χ0n) is 7.41. The van der Waals surface area contributed by atoms with Gasteiger partial charge in [0.25, 0.3) is 0 Å².